The van der Waals surface area contributed by atoms with E-state index in [1.54, 1.807) is 18.4 Å². The zero-order valence-corrected chi connectivity index (χ0v) is 16.0. The Bertz CT molecular complexity index is 946. The van der Waals surface area contributed by atoms with Crippen LogP contribution in [-0.4, -0.2) is 19.0 Å². The van der Waals surface area contributed by atoms with E-state index < -0.39 is 12.0 Å². The molecule has 3 rings (SSSR count). The first-order valence-corrected chi connectivity index (χ1v) is 8.86. The van der Waals surface area contributed by atoms with Gasteiger partial charge in [-0.15, -0.1) is 0 Å². The zero-order valence-electron chi connectivity index (χ0n) is 14.4. The maximum atomic E-state index is 12.5. The summed E-state index contributed by atoms with van der Waals surface area (Å²) in [6.45, 7) is 1.98. The highest BCUT2D eigenvalue weighted by Crippen LogP contribution is 2.23. The number of nitrogens with one attached hydrogen (secondary N) is 1. The van der Waals surface area contributed by atoms with Crippen molar-refractivity contribution >= 4 is 38.8 Å². The van der Waals surface area contributed by atoms with Crippen molar-refractivity contribution in [2.45, 2.75) is 19.4 Å². The molecule has 0 spiro atoms. The molecule has 3 aromatic rings. The Morgan fingerprint density at radius 2 is 1.92 bits per heavy atom. The number of amides is 1. The molecular formula is C20H18BrNO4. The molecule has 0 aliphatic rings. The average Bonchev–Trinajstić information content (AvgIpc) is 3.01. The third-order valence-electron chi connectivity index (χ3n) is 4.11. The third-order valence-corrected chi connectivity index (χ3v) is 4.64. The number of ether oxygens (including phenoxy) is 1. The summed E-state index contributed by atoms with van der Waals surface area (Å²) in [7, 11) is 1.30. The molecule has 0 bridgehead atoms. The second-order valence-corrected chi connectivity index (χ2v) is 6.93. The minimum absolute atomic E-state index is 0.111. The van der Waals surface area contributed by atoms with Gasteiger partial charge in [-0.1, -0.05) is 40.2 Å². The number of benzene rings is 2. The van der Waals surface area contributed by atoms with Crippen LogP contribution < -0.4 is 5.32 Å². The summed E-state index contributed by atoms with van der Waals surface area (Å²) in [5.41, 5.74) is 3.26. The number of carbonyl (C=O) groups is 2. The monoisotopic (exact) mass is 415 g/mol. The fraction of sp³-hybridized carbons (Fsp3) is 0.200. The topological polar surface area (TPSA) is 68.5 Å². The summed E-state index contributed by atoms with van der Waals surface area (Å²) in [4.78, 5) is 24.6. The molecule has 0 saturated heterocycles. The summed E-state index contributed by atoms with van der Waals surface area (Å²) in [6, 6.07) is 12.1. The Labute approximate surface area is 159 Å². The molecule has 0 aliphatic heterocycles. The third kappa shape index (κ3) is 3.96. The Hall–Kier alpha value is -2.60. The molecule has 1 unspecified atom stereocenters. The number of aryl methyl sites for hydroxylation is 1. The van der Waals surface area contributed by atoms with Gasteiger partial charge in [-0.2, -0.15) is 0 Å². The van der Waals surface area contributed by atoms with E-state index in [0.29, 0.717) is 5.56 Å². The highest BCUT2D eigenvalue weighted by Gasteiger charge is 2.24. The first-order valence-electron chi connectivity index (χ1n) is 8.07. The van der Waals surface area contributed by atoms with Gasteiger partial charge >= 0.3 is 5.97 Å². The van der Waals surface area contributed by atoms with Crippen LogP contribution in [0.5, 0.6) is 0 Å². The second-order valence-electron chi connectivity index (χ2n) is 6.01. The van der Waals surface area contributed by atoms with Crippen LogP contribution in [0.25, 0.3) is 11.0 Å². The number of esters is 1. The number of hydrogen-bond donors (Lipinski definition) is 1. The molecule has 26 heavy (non-hydrogen) atoms. The number of halogens is 1. The van der Waals surface area contributed by atoms with E-state index in [9.17, 15) is 9.59 Å². The molecule has 0 fully saturated rings. The van der Waals surface area contributed by atoms with Crippen molar-refractivity contribution in [3.8, 4) is 0 Å². The number of rotatable bonds is 5. The smallest absolute Gasteiger partial charge is 0.333 e. The standard InChI is InChI=1S/C20H18BrNO4/c1-12-3-8-16-14(11-26-17(16)9-12)10-18(23)22-19(20(24)25-2)13-4-6-15(21)7-5-13/h3-9,11,19H,10H2,1-2H3,(H,22,23). The van der Waals surface area contributed by atoms with Crippen LogP contribution in [0.4, 0.5) is 0 Å². The van der Waals surface area contributed by atoms with Crippen LogP contribution in [0.1, 0.15) is 22.7 Å². The molecule has 2 aromatic carbocycles. The predicted molar refractivity (Wildman–Crippen MR) is 102 cm³/mol. The van der Waals surface area contributed by atoms with Gasteiger partial charge in [0, 0.05) is 15.4 Å². The van der Waals surface area contributed by atoms with Gasteiger partial charge in [-0.05, 0) is 36.2 Å². The van der Waals surface area contributed by atoms with E-state index in [-0.39, 0.29) is 12.3 Å². The summed E-state index contributed by atoms with van der Waals surface area (Å²) < 4.78 is 11.2. The van der Waals surface area contributed by atoms with Gasteiger partial charge in [-0.25, -0.2) is 4.79 Å². The summed E-state index contributed by atoms with van der Waals surface area (Å²) in [5.74, 6) is -0.806. The van der Waals surface area contributed by atoms with Gasteiger partial charge in [0.15, 0.2) is 6.04 Å². The number of fused-ring (bicyclic) bond motifs is 1. The molecule has 1 N–H and O–H groups in total. The van der Waals surface area contributed by atoms with Crippen molar-refractivity contribution in [3.05, 3.63) is 69.9 Å². The van der Waals surface area contributed by atoms with E-state index in [1.165, 1.54) is 7.11 Å². The van der Waals surface area contributed by atoms with Crippen molar-refractivity contribution in [1.29, 1.82) is 0 Å². The van der Waals surface area contributed by atoms with Crippen LogP contribution in [-0.2, 0) is 20.7 Å². The Kier molecular flexibility index (Phi) is 5.42. The lowest BCUT2D eigenvalue weighted by Gasteiger charge is -2.17. The van der Waals surface area contributed by atoms with Crippen molar-refractivity contribution in [2.75, 3.05) is 7.11 Å². The summed E-state index contributed by atoms with van der Waals surface area (Å²) >= 11 is 3.35. The molecule has 1 amide bonds. The summed E-state index contributed by atoms with van der Waals surface area (Å²) in [5, 5.41) is 3.64. The van der Waals surface area contributed by atoms with Gasteiger partial charge in [0.2, 0.25) is 5.91 Å². The van der Waals surface area contributed by atoms with Gasteiger partial charge in [0.05, 0.1) is 19.8 Å². The van der Waals surface area contributed by atoms with Gasteiger partial charge in [0.25, 0.3) is 0 Å². The number of carbonyl (C=O) groups excluding carboxylic acids is 2. The molecule has 5 nitrogen and oxygen atoms in total. The van der Waals surface area contributed by atoms with E-state index in [2.05, 4.69) is 21.2 Å². The maximum absolute atomic E-state index is 12.5. The molecule has 6 heteroatoms. The predicted octanol–water partition coefficient (Wildman–Crippen LogP) is 4.08. The molecule has 1 heterocycles. The van der Waals surface area contributed by atoms with Gasteiger partial charge in [-0.3, -0.25) is 4.79 Å². The van der Waals surface area contributed by atoms with E-state index in [4.69, 9.17) is 9.15 Å². The number of furan rings is 1. The highest BCUT2D eigenvalue weighted by molar-refractivity contribution is 9.10. The van der Waals surface area contributed by atoms with Crippen molar-refractivity contribution < 1.29 is 18.7 Å². The lowest BCUT2D eigenvalue weighted by Crippen LogP contribution is -2.35. The maximum Gasteiger partial charge on any atom is 0.333 e. The molecule has 0 aliphatic carbocycles. The Morgan fingerprint density at radius 3 is 2.62 bits per heavy atom. The van der Waals surface area contributed by atoms with Crippen molar-refractivity contribution in [2.24, 2.45) is 0 Å². The van der Waals surface area contributed by atoms with Crippen LogP contribution in [0, 0.1) is 6.92 Å². The first kappa shape index (κ1) is 18.2. The molecular weight excluding hydrogens is 398 g/mol. The normalized spacial score (nSPS) is 12.0. The Balaban J connectivity index is 1.79. The van der Waals surface area contributed by atoms with E-state index in [0.717, 1.165) is 26.6 Å². The quantitative estimate of drug-likeness (QED) is 0.637. The summed E-state index contributed by atoms with van der Waals surface area (Å²) in [6.07, 6.45) is 1.69. The zero-order chi connectivity index (χ0) is 18.7. The SMILES string of the molecule is COC(=O)C(NC(=O)Cc1coc2cc(C)ccc12)c1ccc(Br)cc1. The van der Waals surface area contributed by atoms with Crippen molar-refractivity contribution in [1.82, 2.24) is 5.32 Å². The van der Waals surface area contributed by atoms with Crippen LogP contribution in [0.15, 0.2) is 57.6 Å². The minimum atomic E-state index is -0.860. The van der Waals surface area contributed by atoms with Gasteiger partial charge in [0.1, 0.15) is 5.58 Å². The lowest BCUT2D eigenvalue weighted by atomic mass is 10.1. The Morgan fingerprint density at radius 1 is 1.19 bits per heavy atom. The minimum Gasteiger partial charge on any atom is -0.467 e. The second kappa shape index (κ2) is 7.74. The molecule has 0 saturated carbocycles. The van der Waals surface area contributed by atoms with Crippen LogP contribution in [0.3, 0.4) is 0 Å². The highest BCUT2D eigenvalue weighted by atomic mass is 79.9. The molecule has 1 atom stereocenters. The molecule has 1 aromatic heterocycles. The lowest BCUT2D eigenvalue weighted by molar-refractivity contribution is -0.145. The van der Waals surface area contributed by atoms with Crippen LogP contribution in [0.2, 0.25) is 0 Å². The fourth-order valence-electron chi connectivity index (χ4n) is 2.76. The fourth-order valence-corrected chi connectivity index (χ4v) is 3.03. The molecule has 0 radical (unpaired) electrons. The molecule has 134 valence electrons. The first-order chi connectivity index (χ1) is 12.5. The average molecular weight is 416 g/mol. The number of hydrogen-bond acceptors (Lipinski definition) is 4. The van der Waals surface area contributed by atoms with Crippen LogP contribution >= 0.6 is 15.9 Å². The van der Waals surface area contributed by atoms with Crippen molar-refractivity contribution in [3.63, 3.8) is 0 Å². The van der Waals surface area contributed by atoms with Gasteiger partial charge < -0.3 is 14.5 Å². The number of methoxy groups -OCH3 is 1. The van der Waals surface area contributed by atoms with E-state index >= 15 is 0 Å². The largest absolute Gasteiger partial charge is 0.467 e. The van der Waals surface area contributed by atoms with E-state index in [1.807, 2.05) is 37.3 Å².